The number of hydrogen-bond donors (Lipinski definition) is 2. The van der Waals surface area contributed by atoms with Crippen LogP contribution in [0.3, 0.4) is 0 Å². The van der Waals surface area contributed by atoms with Crippen molar-refractivity contribution in [1.29, 1.82) is 0 Å². The third kappa shape index (κ3) is 5.54. The zero-order valence-corrected chi connectivity index (χ0v) is 17.8. The molecule has 0 aromatic heterocycles. The fraction of sp³-hybridized carbons (Fsp3) is 0.440. The van der Waals surface area contributed by atoms with E-state index in [1.807, 2.05) is 25.1 Å². The third-order valence-electron chi connectivity index (χ3n) is 5.78. The Morgan fingerprint density at radius 2 is 1.90 bits per heavy atom. The van der Waals surface area contributed by atoms with Gasteiger partial charge in [-0.25, -0.2) is 4.39 Å². The van der Waals surface area contributed by atoms with E-state index < -0.39 is 6.17 Å². The van der Waals surface area contributed by atoms with E-state index in [4.69, 9.17) is 4.74 Å². The highest BCUT2D eigenvalue weighted by atomic mass is 19.1. The highest BCUT2D eigenvalue weighted by molar-refractivity contribution is 5.39. The van der Waals surface area contributed by atoms with Gasteiger partial charge in [0.25, 0.3) is 0 Å². The number of rotatable bonds is 10. The summed E-state index contributed by atoms with van der Waals surface area (Å²) in [4.78, 5) is 2.18. The normalized spacial score (nSPS) is 18.5. The van der Waals surface area contributed by atoms with Gasteiger partial charge < -0.3 is 15.4 Å². The molecule has 1 saturated carbocycles. The number of alkyl halides is 1. The van der Waals surface area contributed by atoms with Crippen LogP contribution in [0.2, 0.25) is 0 Å². The quantitative estimate of drug-likeness (QED) is 0.598. The average molecular weight is 410 g/mol. The summed E-state index contributed by atoms with van der Waals surface area (Å²) in [5, 5.41) is 6.42. The van der Waals surface area contributed by atoms with E-state index in [9.17, 15) is 4.39 Å². The monoisotopic (exact) mass is 409 g/mol. The first kappa shape index (κ1) is 20.7. The first-order valence-corrected chi connectivity index (χ1v) is 11.0. The van der Waals surface area contributed by atoms with E-state index in [0.29, 0.717) is 12.5 Å². The minimum absolute atomic E-state index is 0.422. The molecule has 2 N–H and O–H groups in total. The zero-order valence-electron chi connectivity index (χ0n) is 17.8. The molecule has 1 unspecified atom stereocenters. The Hall–Kier alpha value is -2.53. The predicted octanol–water partition coefficient (Wildman–Crippen LogP) is 4.67. The molecule has 4 nitrogen and oxygen atoms in total. The standard InChI is InChI=1S/C25H32FN3O/c1-3-27-18(2)28-13-19-4-6-20(7-5-19)14-29-15-22-10-11-23(30-17-21-8-9-21)12-24(22)25(26)16-29/h4-7,10-12,21,25,27-28H,2-3,8-9,13-17H2,1H3. The van der Waals surface area contributed by atoms with Crippen molar-refractivity contribution in [2.24, 2.45) is 5.92 Å². The van der Waals surface area contributed by atoms with Crippen LogP contribution >= 0.6 is 0 Å². The molecule has 0 bridgehead atoms. The highest BCUT2D eigenvalue weighted by Gasteiger charge is 2.26. The Balaban J connectivity index is 1.32. The predicted molar refractivity (Wildman–Crippen MR) is 119 cm³/mol. The van der Waals surface area contributed by atoms with Gasteiger partial charge in [0, 0.05) is 32.7 Å². The summed E-state index contributed by atoms with van der Waals surface area (Å²) in [6.07, 6.45) is 1.54. The number of benzene rings is 2. The number of nitrogens with zero attached hydrogens (tertiary/aromatic N) is 1. The molecule has 5 heteroatoms. The maximum absolute atomic E-state index is 14.9. The van der Waals surface area contributed by atoms with E-state index in [0.717, 1.165) is 55.5 Å². The summed E-state index contributed by atoms with van der Waals surface area (Å²) < 4.78 is 20.7. The van der Waals surface area contributed by atoms with Gasteiger partial charge in [-0.15, -0.1) is 0 Å². The molecule has 1 fully saturated rings. The van der Waals surface area contributed by atoms with Crippen molar-refractivity contribution >= 4 is 0 Å². The lowest BCUT2D eigenvalue weighted by Gasteiger charge is -2.31. The van der Waals surface area contributed by atoms with Crippen LogP contribution in [0.15, 0.2) is 54.9 Å². The van der Waals surface area contributed by atoms with Crippen molar-refractivity contribution in [1.82, 2.24) is 15.5 Å². The maximum Gasteiger partial charge on any atom is 0.138 e. The van der Waals surface area contributed by atoms with E-state index in [2.05, 4.69) is 46.4 Å². The topological polar surface area (TPSA) is 36.5 Å². The zero-order chi connectivity index (χ0) is 20.9. The molecule has 2 aromatic carbocycles. The fourth-order valence-electron chi connectivity index (χ4n) is 3.85. The van der Waals surface area contributed by atoms with E-state index >= 15 is 0 Å². The van der Waals surface area contributed by atoms with Crippen LogP contribution < -0.4 is 15.4 Å². The average Bonchev–Trinajstić information content (AvgIpc) is 3.57. The molecule has 160 valence electrons. The number of halogens is 1. The highest BCUT2D eigenvalue weighted by Crippen LogP contribution is 2.34. The van der Waals surface area contributed by atoms with Crippen molar-refractivity contribution in [3.63, 3.8) is 0 Å². The molecule has 2 aliphatic rings. The molecule has 30 heavy (non-hydrogen) atoms. The maximum atomic E-state index is 14.9. The van der Waals surface area contributed by atoms with Gasteiger partial charge in [0.2, 0.25) is 0 Å². The smallest absolute Gasteiger partial charge is 0.138 e. The van der Waals surface area contributed by atoms with Crippen LogP contribution in [0.1, 0.15) is 48.2 Å². The minimum atomic E-state index is -0.973. The molecule has 0 amide bonds. The van der Waals surface area contributed by atoms with Crippen LogP contribution in [0.25, 0.3) is 0 Å². The van der Waals surface area contributed by atoms with Crippen LogP contribution in [-0.2, 0) is 19.6 Å². The SMILES string of the molecule is C=C(NCC)NCc1ccc(CN2Cc3ccc(OCC4CC4)cc3C(F)C2)cc1. The summed E-state index contributed by atoms with van der Waals surface area (Å²) in [5.41, 5.74) is 4.25. The van der Waals surface area contributed by atoms with Gasteiger partial charge >= 0.3 is 0 Å². The van der Waals surface area contributed by atoms with Crippen molar-refractivity contribution in [2.45, 2.75) is 45.6 Å². The molecule has 0 radical (unpaired) electrons. The lowest BCUT2D eigenvalue weighted by atomic mass is 9.97. The molecule has 0 saturated heterocycles. The molecule has 2 aromatic rings. The summed E-state index contributed by atoms with van der Waals surface area (Å²) >= 11 is 0. The number of hydrogen-bond acceptors (Lipinski definition) is 4. The second kappa shape index (κ2) is 9.52. The summed E-state index contributed by atoms with van der Waals surface area (Å²) in [6.45, 7) is 10.3. The van der Waals surface area contributed by atoms with Gasteiger partial charge in [0.05, 0.1) is 12.4 Å². The minimum Gasteiger partial charge on any atom is -0.493 e. The molecule has 1 aliphatic carbocycles. The Kier molecular flexibility index (Phi) is 6.58. The Morgan fingerprint density at radius 1 is 1.13 bits per heavy atom. The lowest BCUT2D eigenvalue weighted by molar-refractivity contribution is 0.158. The van der Waals surface area contributed by atoms with E-state index in [1.54, 1.807) is 0 Å². The van der Waals surface area contributed by atoms with Crippen LogP contribution in [0, 0.1) is 5.92 Å². The summed E-state index contributed by atoms with van der Waals surface area (Å²) in [7, 11) is 0. The molecular weight excluding hydrogens is 377 g/mol. The number of nitrogens with one attached hydrogen (secondary N) is 2. The van der Waals surface area contributed by atoms with Gasteiger partial charge in [0.1, 0.15) is 11.9 Å². The Bertz CT molecular complexity index is 863. The molecule has 1 atom stereocenters. The molecular formula is C25H32FN3O. The van der Waals surface area contributed by atoms with Gasteiger partial charge in [0.15, 0.2) is 0 Å². The molecule has 0 spiro atoms. The van der Waals surface area contributed by atoms with Crippen molar-refractivity contribution < 1.29 is 9.13 Å². The second-order valence-corrected chi connectivity index (χ2v) is 8.43. The second-order valence-electron chi connectivity index (χ2n) is 8.43. The fourth-order valence-corrected chi connectivity index (χ4v) is 3.85. The van der Waals surface area contributed by atoms with Crippen molar-refractivity contribution in [3.05, 3.63) is 77.1 Å². The van der Waals surface area contributed by atoms with Gasteiger partial charge in [-0.1, -0.05) is 36.9 Å². The van der Waals surface area contributed by atoms with Crippen molar-refractivity contribution in [2.75, 3.05) is 19.7 Å². The van der Waals surface area contributed by atoms with Crippen LogP contribution in [0.4, 0.5) is 4.39 Å². The Morgan fingerprint density at radius 3 is 2.63 bits per heavy atom. The third-order valence-corrected chi connectivity index (χ3v) is 5.78. The number of ether oxygens (including phenoxy) is 1. The van der Waals surface area contributed by atoms with Crippen LogP contribution in [-0.4, -0.2) is 24.6 Å². The van der Waals surface area contributed by atoms with E-state index in [1.165, 1.54) is 24.0 Å². The summed E-state index contributed by atoms with van der Waals surface area (Å²) in [6, 6.07) is 14.4. The molecule has 4 rings (SSSR count). The van der Waals surface area contributed by atoms with E-state index in [-0.39, 0.29) is 0 Å². The largest absolute Gasteiger partial charge is 0.493 e. The van der Waals surface area contributed by atoms with Gasteiger partial charge in [-0.3, -0.25) is 4.90 Å². The first-order chi connectivity index (χ1) is 14.6. The molecule has 1 aliphatic heterocycles. The first-order valence-electron chi connectivity index (χ1n) is 11.0. The van der Waals surface area contributed by atoms with Gasteiger partial charge in [-0.2, -0.15) is 0 Å². The Labute approximate surface area is 179 Å². The molecule has 1 heterocycles. The van der Waals surface area contributed by atoms with Crippen molar-refractivity contribution in [3.8, 4) is 5.75 Å². The van der Waals surface area contributed by atoms with Crippen LogP contribution in [0.5, 0.6) is 5.75 Å². The van der Waals surface area contributed by atoms with Gasteiger partial charge in [-0.05, 0) is 60.1 Å². The number of fused-ring (bicyclic) bond motifs is 1. The summed E-state index contributed by atoms with van der Waals surface area (Å²) in [5.74, 6) is 2.34. The lowest BCUT2D eigenvalue weighted by Crippen LogP contribution is -2.31.